The highest BCUT2D eigenvalue weighted by atomic mass is 16.2. The van der Waals surface area contributed by atoms with Gasteiger partial charge in [-0.2, -0.15) is 0 Å². The fourth-order valence-electron chi connectivity index (χ4n) is 2.78. The molecule has 130 valence electrons. The highest BCUT2D eigenvalue weighted by Crippen LogP contribution is 2.37. The molecule has 0 heterocycles. The van der Waals surface area contributed by atoms with Crippen molar-refractivity contribution in [3.8, 4) is 0 Å². The van der Waals surface area contributed by atoms with Gasteiger partial charge in [0.25, 0.3) is 0 Å². The van der Waals surface area contributed by atoms with Crippen LogP contribution >= 0.6 is 0 Å². The number of hydrogen-bond acceptors (Lipinski definition) is 3. The van der Waals surface area contributed by atoms with E-state index in [-0.39, 0.29) is 17.3 Å². The molecule has 0 saturated heterocycles. The monoisotopic (exact) mass is 328 g/mol. The molecule has 0 amide bonds. The maximum Gasteiger partial charge on any atom is 0.181 e. The van der Waals surface area contributed by atoms with Crippen LogP contribution in [-0.2, 0) is 14.4 Å². The van der Waals surface area contributed by atoms with Crippen LogP contribution in [0, 0.1) is 5.41 Å². The van der Waals surface area contributed by atoms with Crippen LogP contribution in [0.2, 0.25) is 0 Å². The molecule has 0 radical (unpaired) electrons. The predicted octanol–water partition coefficient (Wildman–Crippen LogP) is 4.69. The Labute approximate surface area is 145 Å². The molecule has 0 bridgehead atoms. The zero-order valence-electron chi connectivity index (χ0n) is 15.0. The summed E-state index contributed by atoms with van der Waals surface area (Å²) in [5.41, 5.74) is -0.650. The standard InChI is InChI=1S/C21H28O3/c1-4-7-12-18(22)17-11-10-15-21(16-17,19(23)13-8-5-2)20(24)14-9-6-3/h7-9,12-14,16H,4-6,10-11,15H2,1-3H3. The topological polar surface area (TPSA) is 51.2 Å². The molecule has 0 fully saturated rings. The van der Waals surface area contributed by atoms with Crippen LogP contribution in [-0.4, -0.2) is 17.3 Å². The fraction of sp³-hybridized carbons (Fsp3) is 0.476. The summed E-state index contributed by atoms with van der Waals surface area (Å²) in [7, 11) is 0. The summed E-state index contributed by atoms with van der Waals surface area (Å²) in [4.78, 5) is 37.8. The van der Waals surface area contributed by atoms with E-state index in [1.54, 1.807) is 30.4 Å². The van der Waals surface area contributed by atoms with Crippen LogP contribution in [0.4, 0.5) is 0 Å². The molecule has 1 aliphatic carbocycles. The largest absolute Gasteiger partial charge is 0.293 e. The molecule has 3 heteroatoms. The first kappa shape index (κ1) is 20.0. The maximum absolute atomic E-state index is 12.8. The van der Waals surface area contributed by atoms with Gasteiger partial charge in [-0.15, -0.1) is 0 Å². The Morgan fingerprint density at radius 1 is 0.917 bits per heavy atom. The number of carbonyl (C=O) groups excluding carboxylic acids is 3. The van der Waals surface area contributed by atoms with Crippen LogP contribution in [0.15, 0.2) is 48.1 Å². The van der Waals surface area contributed by atoms with Crippen molar-refractivity contribution in [1.82, 2.24) is 0 Å². The van der Waals surface area contributed by atoms with E-state index in [2.05, 4.69) is 0 Å². The summed E-state index contributed by atoms with van der Waals surface area (Å²) in [6.45, 7) is 5.84. The summed E-state index contributed by atoms with van der Waals surface area (Å²) in [5, 5.41) is 0. The highest BCUT2D eigenvalue weighted by Gasteiger charge is 2.43. The molecule has 0 atom stereocenters. The number of rotatable bonds is 9. The van der Waals surface area contributed by atoms with E-state index in [1.807, 2.05) is 20.8 Å². The first-order valence-electron chi connectivity index (χ1n) is 8.86. The van der Waals surface area contributed by atoms with Crippen LogP contribution in [0.1, 0.15) is 59.3 Å². The van der Waals surface area contributed by atoms with Gasteiger partial charge in [-0.25, -0.2) is 0 Å². The van der Waals surface area contributed by atoms with Gasteiger partial charge in [-0.1, -0.05) is 45.1 Å². The molecular formula is C21H28O3. The Balaban J connectivity index is 3.30. The van der Waals surface area contributed by atoms with Crippen molar-refractivity contribution < 1.29 is 14.4 Å². The van der Waals surface area contributed by atoms with Gasteiger partial charge in [-0.05, 0) is 62.3 Å². The van der Waals surface area contributed by atoms with Gasteiger partial charge >= 0.3 is 0 Å². The lowest BCUT2D eigenvalue weighted by atomic mass is 9.69. The Morgan fingerprint density at radius 2 is 1.42 bits per heavy atom. The second-order valence-electron chi connectivity index (χ2n) is 6.02. The van der Waals surface area contributed by atoms with E-state index in [1.165, 1.54) is 12.2 Å². The molecule has 1 rings (SSSR count). The normalized spacial score (nSPS) is 21.5. The molecule has 1 aliphatic rings. The summed E-state index contributed by atoms with van der Waals surface area (Å²) >= 11 is 0. The van der Waals surface area contributed by atoms with Crippen molar-refractivity contribution >= 4 is 17.3 Å². The van der Waals surface area contributed by atoms with Gasteiger partial charge in [-0.3, -0.25) is 14.4 Å². The number of carbonyl (C=O) groups is 3. The second kappa shape index (κ2) is 9.96. The van der Waals surface area contributed by atoms with E-state index < -0.39 is 5.41 Å². The molecule has 0 aromatic rings. The van der Waals surface area contributed by atoms with E-state index >= 15 is 0 Å². The fourth-order valence-corrected chi connectivity index (χ4v) is 2.78. The smallest absolute Gasteiger partial charge is 0.181 e. The lowest BCUT2D eigenvalue weighted by Gasteiger charge is -2.30. The van der Waals surface area contributed by atoms with E-state index in [0.29, 0.717) is 24.8 Å². The molecule has 3 nitrogen and oxygen atoms in total. The third kappa shape index (κ3) is 4.98. The molecule has 24 heavy (non-hydrogen) atoms. The summed E-state index contributed by atoms with van der Waals surface area (Å²) in [6, 6.07) is 0. The zero-order chi connectivity index (χ0) is 18.0. The number of hydrogen-bond donors (Lipinski definition) is 0. The predicted molar refractivity (Wildman–Crippen MR) is 97.7 cm³/mol. The molecular weight excluding hydrogens is 300 g/mol. The molecule has 0 spiro atoms. The van der Waals surface area contributed by atoms with Gasteiger partial charge in [0, 0.05) is 0 Å². The minimum Gasteiger partial charge on any atom is -0.293 e. The van der Waals surface area contributed by atoms with Crippen molar-refractivity contribution in [2.45, 2.75) is 59.3 Å². The van der Waals surface area contributed by atoms with Crippen LogP contribution in [0.25, 0.3) is 0 Å². The van der Waals surface area contributed by atoms with Crippen molar-refractivity contribution in [3.63, 3.8) is 0 Å². The Morgan fingerprint density at radius 3 is 1.92 bits per heavy atom. The average Bonchev–Trinajstić information content (AvgIpc) is 2.61. The van der Waals surface area contributed by atoms with Crippen molar-refractivity contribution in [1.29, 1.82) is 0 Å². The van der Waals surface area contributed by atoms with Gasteiger partial charge in [0.1, 0.15) is 5.41 Å². The van der Waals surface area contributed by atoms with E-state index in [0.717, 1.165) is 19.3 Å². The Hall–Kier alpha value is -2.03. The van der Waals surface area contributed by atoms with Crippen LogP contribution in [0.3, 0.4) is 0 Å². The maximum atomic E-state index is 12.8. The van der Waals surface area contributed by atoms with E-state index in [4.69, 9.17) is 0 Å². The molecule has 0 N–H and O–H groups in total. The second-order valence-corrected chi connectivity index (χ2v) is 6.02. The summed E-state index contributed by atoms with van der Waals surface area (Å²) in [5.74, 6) is -0.542. The van der Waals surface area contributed by atoms with Gasteiger partial charge in [0.05, 0.1) is 0 Å². The highest BCUT2D eigenvalue weighted by molar-refractivity contribution is 6.18. The van der Waals surface area contributed by atoms with Crippen LogP contribution in [0.5, 0.6) is 0 Å². The molecule has 0 aromatic heterocycles. The molecule has 0 unspecified atom stereocenters. The van der Waals surface area contributed by atoms with Gasteiger partial charge in [0.2, 0.25) is 0 Å². The average molecular weight is 328 g/mol. The molecule has 0 aliphatic heterocycles. The minimum absolute atomic E-state index is 0.0968. The summed E-state index contributed by atoms with van der Waals surface area (Å²) < 4.78 is 0. The Kier molecular flexibility index (Phi) is 8.31. The van der Waals surface area contributed by atoms with Crippen LogP contribution < -0.4 is 0 Å². The van der Waals surface area contributed by atoms with Gasteiger partial charge in [0.15, 0.2) is 17.3 Å². The number of ketones is 3. The lowest BCUT2D eigenvalue weighted by Crippen LogP contribution is -2.38. The number of allylic oxidation sites excluding steroid dienone is 8. The SMILES string of the molecule is CCC=CC(=O)C1=CC(C(=O)C=CCC)(C(=O)C=CCC)CCC1. The third-order valence-electron chi connectivity index (χ3n) is 4.15. The van der Waals surface area contributed by atoms with Crippen molar-refractivity contribution in [2.24, 2.45) is 5.41 Å². The molecule has 0 saturated carbocycles. The van der Waals surface area contributed by atoms with Crippen molar-refractivity contribution in [2.75, 3.05) is 0 Å². The third-order valence-corrected chi connectivity index (χ3v) is 4.15. The first-order chi connectivity index (χ1) is 11.5. The van der Waals surface area contributed by atoms with Gasteiger partial charge < -0.3 is 0 Å². The lowest BCUT2D eigenvalue weighted by molar-refractivity contribution is -0.132. The minimum atomic E-state index is -1.22. The quantitative estimate of drug-likeness (QED) is 0.456. The molecule has 0 aromatic carbocycles. The zero-order valence-corrected chi connectivity index (χ0v) is 15.0. The Bertz CT molecular complexity index is 562. The van der Waals surface area contributed by atoms with Crippen molar-refractivity contribution in [3.05, 3.63) is 48.1 Å². The summed E-state index contributed by atoms with van der Waals surface area (Å²) in [6.07, 6.45) is 15.5. The first-order valence-corrected chi connectivity index (χ1v) is 8.86. The van der Waals surface area contributed by atoms with E-state index in [9.17, 15) is 14.4 Å².